The molecule has 0 aromatic rings. The van der Waals surface area contributed by atoms with Gasteiger partial charge >= 0.3 is 0 Å². The second-order valence-electron chi connectivity index (χ2n) is 3.71. The first-order valence-electron chi connectivity index (χ1n) is 5.25. The second kappa shape index (κ2) is 5.44. The third kappa shape index (κ3) is 2.40. The predicted molar refractivity (Wildman–Crippen MR) is 63.6 cm³/mol. The van der Waals surface area contributed by atoms with Gasteiger partial charge in [0.1, 0.15) is 0 Å². The van der Waals surface area contributed by atoms with Crippen molar-refractivity contribution in [2.75, 3.05) is 14.2 Å². The third-order valence-electron chi connectivity index (χ3n) is 2.50. The number of methoxy groups -OCH3 is 2. The lowest BCUT2D eigenvalue weighted by Gasteiger charge is -2.18. The molecule has 0 aromatic heterocycles. The van der Waals surface area contributed by atoms with E-state index in [1.54, 1.807) is 0 Å². The molecule has 1 aliphatic rings. The van der Waals surface area contributed by atoms with E-state index in [-0.39, 0.29) is 28.4 Å². The average Bonchev–Trinajstić information content (AvgIpc) is 2.32. The number of Topliss-reactive ketones (excluding diaryl/α,β-unsaturated/α-hetero) is 2. The van der Waals surface area contributed by atoms with Gasteiger partial charge in [-0.15, -0.1) is 0 Å². The fourth-order valence-corrected chi connectivity index (χ4v) is 1.56. The van der Waals surface area contributed by atoms with Crippen molar-refractivity contribution in [3.05, 3.63) is 34.8 Å². The highest BCUT2D eigenvalue weighted by Gasteiger charge is 2.33. The fraction of sp³-hybridized carbons (Fsp3) is 0.308. The molecule has 0 bridgehead atoms. The van der Waals surface area contributed by atoms with Crippen LogP contribution in [0.25, 0.3) is 0 Å². The van der Waals surface area contributed by atoms with Gasteiger partial charge in [0.15, 0.2) is 5.78 Å². The summed E-state index contributed by atoms with van der Waals surface area (Å²) in [5.41, 5.74) is 0.378. The van der Waals surface area contributed by atoms with Crippen molar-refractivity contribution < 1.29 is 23.9 Å². The van der Waals surface area contributed by atoms with Crippen LogP contribution in [0.5, 0.6) is 0 Å². The topological polar surface area (TPSA) is 69.7 Å². The van der Waals surface area contributed by atoms with Gasteiger partial charge in [0, 0.05) is 11.1 Å². The minimum Gasteiger partial charge on any atom is -0.489 e. The van der Waals surface area contributed by atoms with E-state index in [1.807, 2.05) is 0 Å². The zero-order valence-electron chi connectivity index (χ0n) is 10.7. The molecule has 0 atom stereocenters. The van der Waals surface area contributed by atoms with Crippen molar-refractivity contribution in [2.45, 2.75) is 13.8 Å². The van der Waals surface area contributed by atoms with E-state index in [0.717, 1.165) is 0 Å². The quantitative estimate of drug-likeness (QED) is 0.552. The summed E-state index contributed by atoms with van der Waals surface area (Å²) in [4.78, 5) is 34.9. The Hall–Kier alpha value is -2.17. The molecular formula is C13H14O5. The van der Waals surface area contributed by atoms with Crippen LogP contribution in [-0.2, 0) is 23.9 Å². The Morgan fingerprint density at radius 3 is 2.00 bits per heavy atom. The molecule has 5 nitrogen and oxygen atoms in total. The highest BCUT2D eigenvalue weighted by molar-refractivity contribution is 6.24. The predicted octanol–water partition coefficient (Wildman–Crippen LogP) is 1.10. The minimum atomic E-state index is -0.469. The summed E-state index contributed by atoms with van der Waals surface area (Å²) in [6, 6.07) is 0. The van der Waals surface area contributed by atoms with Crippen molar-refractivity contribution in [3.8, 4) is 0 Å². The first kappa shape index (κ1) is 13.9. The fourth-order valence-electron chi connectivity index (χ4n) is 1.56. The normalized spacial score (nSPS) is 16.7. The molecule has 5 heteroatoms. The van der Waals surface area contributed by atoms with Gasteiger partial charge in [0.2, 0.25) is 23.1 Å². The first-order valence-corrected chi connectivity index (χ1v) is 5.25. The molecule has 0 amide bonds. The van der Waals surface area contributed by atoms with E-state index in [4.69, 9.17) is 9.47 Å². The molecule has 0 fully saturated rings. The molecule has 0 aromatic carbocycles. The second-order valence-corrected chi connectivity index (χ2v) is 3.71. The van der Waals surface area contributed by atoms with E-state index in [9.17, 15) is 14.4 Å². The number of allylic oxidation sites excluding steroid dienone is 4. The maximum absolute atomic E-state index is 12.1. The SMILES string of the molecule is COC1=C(OC)C(=O)C(/C=C/C(C)=O)=C(C)C1=O. The third-order valence-corrected chi connectivity index (χ3v) is 2.50. The Labute approximate surface area is 105 Å². The number of rotatable bonds is 4. The summed E-state index contributed by atoms with van der Waals surface area (Å²) < 4.78 is 9.77. The molecule has 18 heavy (non-hydrogen) atoms. The molecule has 0 N–H and O–H groups in total. The van der Waals surface area contributed by atoms with Crippen molar-refractivity contribution in [1.82, 2.24) is 0 Å². The van der Waals surface area contributed by atoms with Crippen LogP contribution in [0.4, 0.5) is 0 Å². The standard InChI is InChI=1S/C13H14O5/c1-7(14)5-6-9-8(2)10(15)12(17-3)13(18-4)11(9)16/h5-6H,1-4H3/b6-5+. The summed E-state index contributed by atoms with van der Waals surface area (Å²) in [5.74, 6) is -1.35. The van der Waals surface area contributed by atoms with Crippen molar-refractivity contribution in [3.63, 3.8) is 0 Å². The summed E-state index contributed by atoms with van der Waals surface area (Å²) >= 11 is 0. The molecular weight excluding hydrogens is 236 g/mol. The zero-order chi connectivity index (χ0) is 13.9. The maximum Gasteiger partial charge on any atom is 0.232 e. The summed E-state index contributed by atoms with van der Waals surface area (Å²) in [5, 5.41) is 0. The van der Waals surface area contributed by atoms with E-state index >= 15 is 0 Å². The number of ether oxygens (including phenoxy) is 2. The van der Waals surface area contributed by atoms with E-state index in [0.29, 0.717) is 0 Å². The van der Waals surface area contributed by atoms with Crippen molar-refractivity contribution in [1.29, 1.82) is 0 Å². The first-order chi connectivity index (χ1) is 8.43. The van der Waals surface area contributed by atoms with E-state index < -0.39 is 11.6 Å². The number of carbonyl (C=O) groups excluding carboxylic acids is 3. The van der Waals surface area contributed by atoms with Crippen molar-refractivity contribution in [2.24, 2.45) is 0 Å². The molecule has 0 radical (unpaired) electrons. The molecule has 0 aliphatic heterocycles. The molecule has 0 spiro atoms. The van der Waals surface area contributed by atoms with Gasteiger partial charge in [-0.25, -0.2) is 0 Å². The van der Waals surface area contributed by atoms with Gasteiger partial charge in [-0.05, 0) is 26.0 Å². The largest absolute Gasteiger partial charge is 0.489 e. The van der Waals surface area contributed by atoms with Crippen LogP contribution in [0.15, 0.2) is 34.8 Å². The van der Waals surface area contributed by atoms with Crippen LogP contribution in [0.1, 0.15) is 13.8 Å². The number of carbonyl (C=O) groups is 3. The number of hydrogen-bond acceptors (Lipinski definition) is 5. The molecule has 1 rings (SSSR count). The van der Waals surface area contributed by atoms with Gasteiger partial charge in [-0.2, -0.15) is 0 Å². The lowest BCUT2D eigenvalue weighted by atomic mass is 9.92. The Kier molecular flexibility index (Phi) is 4.20. The van der Waals surface area contributed by atoms with Gasteiger partial charge in [0.05, 0.1) is 14.2 Å². The maximum atomic E-state index is 12.1. The van der Waals surface area contributed by atoms with Crippen LogP contribution >= 0.6 is 0 Å². The van der Waals surface area contributed by atoms with Crippen LogP contribution < -0.4 is 0 Å². The van der Waals surface area contributed by atoms with Crippen LogP contribution in [-0.4, -0.2) is 31.6 Å². The Morgan fingerprint density at radius 1 is 1.06 bits per heavy atom. The zero-order valence-corrected chi connectivity index (χ0v) is 10.7. The molecule has 96 valence electrons. The van der Waals surface area contributed by atoms with Gasteiger partial charge < -0.3 is 9.47 Å². The summed E-state index contributed by atoms with van der Waals surface area (Å²) in [6.45, 7) is 2.86. The Bertz CT molecular complexity index is 505. The number of ketones is 3. The minimum absolute atomic E-state index is 0.111. The summed E-state index contributed by atoms with van der Waals surface area (Å²) in [6.07, 6.45) is 2.55. The molecule has 0 saturated carbocycles. The molecule has 1 aliphatic carbocycles. The lowest BCUT2D eigenvalue weighted by Crippen LogP contribution is -2.24. The highest BCUT2D eigenvalue weighted by Crippen LogP contribution is 2.26. The number of hydrogen-bond donors (Lipinski definition) is 0. The average molecular weight is 250 g/mol. The van der Waals surface area contributed by atoms with Crippen LogP contribution in [0, 0.1) is 0 Å². The van der Waals surface area contributed by atoms with Gasteiger partial charge in [-0.3, -0.25) is 14.4 Å². The monoisotopic (exact) mass is 250 g/mol. The highest BCUT2D eigenvalue weighted by atomic mass is 16.5. The molecule has 0 heterocycles. The molecule has 0 saturated heterocycles. The Morgan fingerprint density at radius 2 is 1.56 bits per heavy atom. The summed E-state index contributed by atoms with van der Waals surface area (Å²) in [7, 11) is 2.58. The van der Waals surface area contributed by atoms with Crippen LogP contribution in [0.3, 0.4) is 0 Å². The molecule has 0 unspecified atom stereocenters. The smallest absolute Gasteiger partial charge is 0.232 e. The van der Waals surface area contributed by atoms with Crippen molar-refractivity contribution >= 4 is 17.3 Å². The van der Waals surface area contributed by atoms with Gasteiger partial charge in [0.25, 0.3) is 0 Å². The lowest BCUT2D eigenvalue weighted by molar-refractivity contribution is -0.120. The van der Waals surface area contributed by atoms with Gasteiger partial charge in [-0.1, -0.05) is 0 Å². The Balaban J connectivity index is 3.31. The van der Waals surface area contributed by atoms with E-state index in [2.05, 4.69) is 0 Å². The van der Waals surface area contributed by atoms with E-state index in [1.165, 1.54) is 40.2 Å². The van der Waals surface area contributed by atoms with Crippen LogP contribution in [0.2, 0.25) is 0 Å².